The fraction of sp³-hybridized carbons (Fsp3) is 0.0769. The highest BCUT2D eigenvalue weighted by Crippen LogP contribution is 2.37. The highest BCUT2D eigenvalue weighted by Gasteiger charge is 2.36. The molecule has 3 aromatic rings. The Morgan fingerprint density at radius 3 is 2.46 bits per heavy atom. The van der Waals surface area contributed by atoms with E-state index < -0.39 is 36.2 Å². The van der Waals surface area contributed by atoms with Crippen molar-refractivity contribution in [2.75, 3.05) is 23.9 Å². The van der Waals surface area contributed by atoms with E-state index in [1.165, 1.54) is 49.6 Å². The number of nitrogens with zero attached hydrogens (tertiary/aromatic N) is 1. The van der Waals surface area contributed by atoms with Crippen molar-refractivity contribution in [2.24, 2.45) is 0 Å². The summed E-state index contributed by atoms with van der Waals surface area (Å²) in [7, 11) is 1.35. The van der Waals surface area contributed by atoms with Gasteiger partial charge in [-0.15, -0.1) is 0 Å². The molecule has 0 bridgehead atoms. The molecule has 0 spiro atoms. The number of rotatable bonds is 7. The Morgan fingerprint density at radius 1 is 1.08 bits per heavy atom. The van der Waals surface area contributed by atoms with Gasteiger partial charge in [-0.25, -0.2) is 14.1 Å². The number of anilines is 2. The van der Waals surface area contributed by atoms with Crippen molar-refractivity contribution in [3.8, 4) is 11.5 Å². The van der Waals surface area contributed by atoms with Crippen molar-refractivity contribution in [1.82, 2.24) is 5.32 Å². The van der Waals surface area contributed by atoms with Crippen LogP contribution >= 0.6 is 11.6 Å². The summed E-state index contributed by atoms with van der Waals surface area (Å²) in [5.41, 5.74) is 0.690. The van der Waals surface area contributed by atoms with Gasteiger partial charge in [-0.3, -0.25) is 19.7 Å². The number of barbiturate groups is 1. The van der Waals surface area contributed by atoms with Crippen LogP contribution in [0.25, 0.3) is 6.08 Å². The predicted octanol–water partition coefficient (Wildman–Crippen LogP) is 4.17. The minimum Gasteiger partial charge on any atom is -0.493 e. The van der Waals surface area contributed by atoms with Gasteiger partial charge in [0.05, 0.1) is 17.8 Å². The van der Waals surface area contributed by atoms with Gasteiger partial charge in [0.15, 0.2) is 18.1 Å². The Hall–Kier alpha value is -4.70. The van der Waals surface area contributed by atoms with Crippen LogP contribution in [0, 0.1) is 5.82 Å². The smallest absolute Gasteiger partial charge is 0.335 e. The van der Waals surface area contributed by atoms with Crippen molar-refractivity contribution in [3.63, 3.8) is 0 Å². The number of benzene rings is 3. The standard InChI is InChI=1S/C26H19ClFN3O6/c1-36-21-13-15(11-19-24(33)30-26(35)31(25(19)34)18-5-3-2-4-6-18)12-20(27)23(21)37-14-22(32)29-17-9-7-16(28)8-10-17/h2-13H,14H2,1H3,(H,29,32)(H,30,33,35)/b19-11-. The summed E-state index contributed by atoms with van der Waals surface area (Å²) in [6.07, 6.45) is 1.26. The van der Waals surface area contributed by atoms with Gasteiger partial charge in [0.25, 0.3) is 17.7 Å². The number of urea groups is 1. The van der Waals surface area contributed by atoms with Crippen LogP contribution in [0.4, 0.5) is 20.6 Å². The molecule has 188 valence electrons. The lowest BCUT2D eigenvalue weighted by atomic mass is 10.1. The summed E-state index contributed by atoms with van der Waals surface area (Å²) in [5.74, 6) is -2.45. The molecule has 1 heterocycles. The Balaban J connectivity index is 1.54. The zero-order valence-electron chi connectivity index (χ0n) is 19.3. The van der Waals surface area contributed by atoms with E-state index in [1.807, 2.05) is 0 Å². The number of methoxy groups -OCH3 is 1. The molecule has 5 amide bonds. The Kier molecular flexibility index (Phi) is 7.49. The van der Waals surface area contributed by atoms with E-state index in [0.717, 1.165) is 4.90 Å². The monoisotopic (exact) mass is 523 g/mol. The third kappa shape index (κ3) is 5.76. The molecule has 0 saturated carbocycles. The van der Waals surface area contributed by atoms with E-state index in [2.05, 4.69) is 10.6 Å². The normalized spacial score (nSPS) is 14.4. The van der Waals surface area contributed by atoms with Crippen molar-refractivity contribution in [3.05, 3.63) is 88.7 Å². The van der Waals surface area contributed by atoms with Crippen LogP contribution in [0.15, 0.2) is 72.3 Å². The average Bonchev–Trinajstić information content (AvgIpc) is 2.87. The van der Waals surface area contributed by atoms with Gasteiger partial charge in [-0.05, 0) is 60.2 Å². The first-order chi connectivity index (χ1) is 17.8. The number of halogens is 2. The van der Waals surface area contributed by atoms with Crippen LogP contribution in [0.3, 0.4) is 0 Å². The molecule has 9 nitrogen and oxygen atoms in total. The molecule has 1 aliphatic rings. The van der Waals surface area contributed by atoms with Crippen LogP contribution in [-0.4, -0.2) is 37.5 Å². The third-order valence-electron chi connectivity index (χ3n) is 5.15. The minimum atomic E-state index is -0.866. The molecule has 1 saturated heterocycles. The van der Waals surface area contributed by atoms with E-state index >= 15 is 0 Å². The number of para-hydroxylation sites is 1. The number of carbonyl (C=O) groups is 4. The topological polar surface area (TPSA) is 114 Å². The van der Waals surface area contributed by atoms with E-state index in [4.69, 9.17) is 21.1 Å². The maximum Gasteiger partial charge on any atom is 0.335 e. The van der Waals surface area contributed by atoms with Crippen LogP contribution in [0.1, 0.15) is 5.56 Å². The van der Waals surface area contributed by atoms with Crippen molar-refractivity contribution in [1.29, 1.82) is 0 Å². The van der Waals surface area contributed by atoms with Gasteiger partial charge in [-0.2, -0.15) is 0 Å². The largest absolute Gasteiger partial charge is 0.493 e. The highest BCUT2D eigenvalue weighted by atomic mass is 35.5. The lowest BCUT2D eigenvalue weighted by Crippen LogP contribution is -2.54. The number of hydrogen-bond donors (Lipinski definition) is 2. The first-order valence-corrected chi connectivity index (χ1v) is 11.2. The minimum absolute atomic E-state index is 0.0421. The Morgan fingerprint density at radius 2 is 1.78 bits per heavy atom. The van der Waals surface area contributed by atoms with Crippen molar-refractivity contribution >= 4 is 52.8 Å². The second-order valence-electron chi connectivity index (χ2n) is 7.67. The van der Waals surface area contributed by atoms with E-state index in [1.54, 1.807) is 30.3 Å². The number of nitrogens with one attached hydrogen (secondary N) is 2. The zero-order chi connectivity index (χ0) is 26.5. The van der Waals surface area contributed by atoms with Gasteiger partial charge in [0.1, 0.15) is 11.4 Å². The maximum absolute atomic E-state index is 13.0. The van der Waals surface area contributed by atoms with E-state index in [0.29, 0.717) is 16.9 Å². The lowest BCUT2D eigenvalue weighted by Gasteiger charge is -2.26. The number of hydrogen-bond acceptors (Lipinski definition) is 6. The SMILES string of the molecule is COc1cc(/C=C2/C(=O)NC(=O)N(c3ccccc3)C2=O)cc(Cl)c1OCC(=O)Nc1ccc(F)cc1. The zero-order valence-corrected chi connectivity index (χ0v) is 20.0. The first kappa shape index (κ1) is 25.4. The summed E-state index contributed by atoms with van der Waals surface area (Å²) in [5, 5.41) is 4.74. The molecule has 0 aliphatic carbocycles. The summed E-state index contributed by atoms with van der Waals surface area (Å²) in [6.45, 7) is -0.428. The molecule has 0 radical (unpaired) electrons. The van der Waals surface area contributed by atoms with Crippen LogP contribution in [0.5, 0.6) is 11.5 Å². The molecular weight excluding hydrogens is 505 g/mol. The quantitative estimate of drug-likeness (QED) is 0.355. The molecule has 0 aromatic heterocycles. The maximum atomic E-state index is 13.0. The summed E-state index contributed by atoms with van der Waals surface area (Å²) in [6, 6.07) is 15.4. The molecule has 1 aliphatic heterocycles. The van der Waals surface area contributed by atoms with Crippen molar-refractivity contribution in [2.45, 2.75) is 0 Å². The third-order valence-corrected chi connectivity index (χ3v) is 5.44. The number of ether oxygens (including phenoxy) is 2. The fourth-order valence-electron chi connectivity index (χ4n) is 3.47. The number of carbonyl (C=O) groups excluding carboxylic acids is 4. The fourth-order valence-corrected chi connectivity index (χ4v) is 3.74. The molecule has 4 rings (SSSR count). The molecule has 37 heavy (non-hydrogen) atoms. The van der Waals surface area contributed by atoms with Crippen LogP contribution in [-0.2, 0) is 14.4 Å². The van der Waals surface area contributed by atoms with Gasteiger partial charge < -0.3 is 14.8 Å². The predicted molar refractivity (Wildman–Crippen MR) is 134 cm³/mol. The highest BCUT2D eigenvalue weighted by molar-refractivity contribution is 6.39. The van der Waals surface area contributed by atoms with Gasteiger partial charge in [0.2, 0.25) is 0 Å². The summed E-state index contributed by atoms with van der Waals surface area (Å²) in [4.78, 5) is 50.9. The average molecular weight is 524 g/mol. The van der Waals surface area contributed by atoms with Gasteiger partial charge >= 0.3 is 6.03 Å². The Labute approximate surface area is 215 Å². The van der Waals surface area contributed by atoms with Gasteiger partial charge in [-0.1, -0.05) is 29.8 Å². The number of amides is 5. The Bertz CT molecular complexity index is 1410. The molecule has 3 aromatic carbocycles. The molecule has 0 unspecified atom stereocenters. The second-order valence-corrected chi connectivity index (χ2v) is 8.08. The number of imide groups is 2. The van der Waals surface area contributed by atoms with Crippen LogP contribution in [0.2, 0.25) is 5.02 Å². The van der Waals surface area contributed by atoms with Crippen LogP contribution < -0.4 is 25.0 Å². The second kappa shape index (κ2) is 10.9. The molecule has 0 atom stereocenters. The molecule has 11 heteroatoms. The summed E-state index contributed by atoms with van der Waals surface area (Å²) >= 11 is 6.35. The van der Waals surface area contributed by atoms with Gasteiger partial charge in [0, 0.05) is 5.69 Å². The molecular formula is C26H19ClFN3O6. The summed E-state index contributed by atoms with van der Waals surface area (Å²) < 4.78 is 23.9. The molecule has 1 fully saturated rings. The van der Waals surface area contributed by atoms with E-state index in [-0.39, 0.29) is 22.1 Å². The van der Waals surface area contributed by atoms with Crippen molar-refractivity contribution < 1.29 is 33.0 Å². The first-order valence-electron chi connectivity index (χ1n) is 10.8. The lowest BCUT2D eigenvalue weighted by molar-refractivity contribution is -0.122. The van der Waals surface area contributed by atoms with E-state index in [9.17, 15) is 23.6 Å². The molecule has 2 N–H and O–H groups in total.